The summed E-state index contributed by atoms with van der Waals surface area (Å²) < 4.78 is 0. The summed E-state index contributed by atoms with van der Waals surface area (Å²) in [6.07, 6.45) is 3.36. The Balaban J connectivity index is 2.55. The van der Waals surface area contributed by atoms with E-state index in [1.54, 1.807) is 0 Å². The van der Waals surface area contributed by atoms with Crippen molar-refractivity contribution in [2.45, 2.75) is 45.2 Å². The van der Waals surface area contributed by atoms with Crippen molar-refractivity contribution in [1.82, 2.24) is 15.1 Å². The van der Waals surface area contributed by atoms with Crippen molar-refractivity contribution in [2.24, 2.45) is 0 Å². The van der Waals surface area contributed by atoms with E-state index in [-0.39, 0.29) is 18.0 Å². The smallest absolute Gasteiger partial charge is 0.239 e. The molecule has 1 N–H and O–H groups in total. The standard InChI is InChI=1S/C13H27N3O/c1-5-16(11(2)10-15(3)4)13(17)12-8-6-7-9-14-12/h11-12,14H,5-10H2,1-4H3. The molecule has 100 valence electrons. The van der Waals surface area contributed by atoms with Gasteiger partial charge >= 0.3 is 0 Å². The van der Waals surface area contributed by atoms with Gasteiger partial charge in [0.2, 0.25) is 5.91 Å². The Bertz CT molecular complexity index is 237. The van der Waals surface area contributed by atoms with Crippen LogP contribution in [0.4, 0.5) is 0 Å². The summed E-state index contributed by atoms with van der Waals surface area (Å²) in [6, 6.07) is 0.333. The van der Waals surface area contributed by atoms with E-state index in [9.17, 15) is 4.79 Å². The third-order valence-electron chi connectivity index (χ3n) is 3.39. The summed E-state index contributed by atoms with van der Waals surface area (Å²) in [6.45, 7) is 6.89. The molecule has 4 heteroatoms. The molecule has 0 aromatic carbocycles. The Labute approximate surface area is 105 Å². The lowest BCUT2D eigenvalue weighted by Crippen LogP contribution is -2.53. The molecule has 0 saturated carbocycles. The van der Waals surface area contributed by atoms with Crippen molar-refractivity contribution in [1.29, 1.82) is 0 Å². The summed E-state index contributed by atoms with van der Waals surface area (Å²) in [4.78, 5) is 16.5. The molecule has 1 aliphatic heterocycles. The molecule has 1 amide bonds. The van der Waals surface area contributed by atoms with E-state index in [0.29, 0.717) is 0 Å². The molecule has 2 atom stereocenters. The Kier molecular flexibility index (Phi) is 5.92. The van der Waals surface area contributed by atoms with E-state index in [4.69, 9.17) is 0 Å². The summed E-state index contributed by atoms with van der Waals surface area (Å²) in [5.74, 6) is 0.279. The molecule has 0 spiro atoms. The van der Waals surface area contributed by atoms with Crippen LogP contribution in [0, 0.1) is 0 Å². The number of piperidine rings is 1. The summed E-state index contributed by atoms with van der Waals surface area (Å²) in [7, 11) is 4.10. The number of hydrogen-bond acceptors (Lipinski definition) is 3. The number of hydrogen-bond donors (Lipinski definition) is 1. The van der Waals surface area contributed by atoms with Crippen LogP contribution >= 0.6 is 0 Å². The molecule has 0 bridgehead atoms. The van der Waals surface area contributed by atoms with E-state index in [1.165, 1.54) is 12.8 Å². The van der Waals surface area contributed by atoms with E-state index >= 15 is 0 Å². The van der Waals surface area contributed by atoms with Gasteiger partial charge in [-0.1, -0.05) is 6.42 Å². The van der Waals surface area contributed by atoms with Gasteiger partial charge in [-0.25, -0.2) is 0 Å². The minimum absolute atomic E-state index is 0.0494. The monoisotopic (exact) mass is 241 g/mol. The first-order valence-corrected chi connectivity index (χ1v) is 6.74. The van der Waals surface area contributed by atoms with E-state index in [1.807, 2.05) is 19.0 Å². The van der Waals surface area contributed by atoms with Crippen LogP contribution in [0.5, 0.6) is 0 Å². The van der Waals surface area contributed by atoms with Gasteiger partial charge in [-0.15, -0.1) is 0 Å². The third kappa shape index (κ3) is 4.28. The predicted molar refractivity (Wildman–Crippen MR) is 71.0 cm³/mol. The zero-order valence-corrected chi connectivity index (χ0v) is 11.7. The van der Waals surface area contributed by atoms with Gasteiger partial charge in [0.05, 0.1) is 6.04 Å². The second-order valence-corrected chi connectivity index (χ2v) is 5.24. The molecule has 0 aromatic heterocycles. The molecule has 0 aromatic rings. The maximum absolute atomic E-state index is 12.4. The Morgan fingerprint density at radius 1 is 1.41 bits per heavy atom. The van der Waals surface area contributed by atoms with Crippen molar-refractivity contribution in [3.05, 3.63) is 0 Å². The van der Waals surface area contributed by atoms with Crippen LogP contribution in [0.15, 0.2) is 0 Å². The second-order valence-electron chi connectivity index (χ2n) is 5.24. The molecule has 17 heavy (non-hydrogen) atoms. The van der Waals surface area contributed by atoms with Gasteiger partial charge in [0, 0.05) is 19.1 Å². The van der Waals surface area contributed by atoms with Gasteiger partial charge in [0.15, 0.2) is 0 Å². The fourth-order valence-corrected chi connectivity index (χ4v) is 2.57. The number of carbonyl (C=O) groups is 1. The fraction of sp³-hybridized carbons (Fsp3) is 0.923. The van der Waals surface area contributed by atoms with Gasteiger partial charge in [-0.2, -0.15) is 0 Å². The lowest BCUT2D eigenvalue weighted by atomic mass is 10.0. The van der Waals surface area contributed by atoms with Crippen LogP contribution in [-0.2, 0) is 4.79 Å². The maximum Gasteiger partial charge on any atom is 0.239 e. The Morgan fingerprint density at radius 3 is 2.59 bits per heavy atom. The molecular formula is C13H27N3O. The summed E-state index contributed by atoms with van der Waals surface area (Å²) in [5, 5.41) is 3.34. The highest BCUT2D eigenvalue weighted by Gasteiger charge is 2.27. The number of carbonyl (C=O) groups excluding carboxylic acids is 1. The quantitative estimate of drug-likeness (QED) is 0.778. The molecule has 1 saturated heterocycles. The number of nitrogens with zero attached hydrogens (tertiary/aromatic N) is 2. The van der Waals surface area contributed by atoms with Gasteiger partial charge in [-0.05, 0) is 47.3 Å². The average molecular weight is 241 g/mol. The average Bonchev–Trinajstić information content (AvgIpc) is 2.30. The third-order valence-corrected chi connectivity index (χ3v) is 3.39. The Morgan fingerprint density at radius 2 is 2.12 bits per heavy atom. The van der Waals surface area contributed by atoms with Crippen LogP contribution in [0.3, 0.4) is 0 Å². The maximum atomic E-state index is 12.4. The second kappa shape index (κ2) is 6.97. The van der Waals surface area contributed by atoms with Gasteiger partial charge < -0.3 is 15.1 Å². The van der Waals surface area contributed by atoms with Crippen molar-refractivity contribution >= 4 is 5.91 Å². The highest BCUT2D eigenvalue weighted by Crippen LogP contribution is 2.12. The van der Waals surface area contributed by atoms with Crippen LogP contribution in [-0.4, -0.2) is 61.5 Å². The first kappa shape index (κ1) is 14.5. The number of amides is 1. The van der Waals surface area contributed by atoms with Crippen LogP contribution in [0.2, 0.25) is 0 Å². The highest BCUT2D eigenvalue weighted by atomic mass is 16.2. The molecule has 4 nitrogen and oxygen atoms in total. The minimum atomic E-state index is 0.0494. The molecule has 1 heterocycles. The molecular weight excluding hydrogens is 214 g/mol. The molecule has 0 radical (unpaired) electrons. The number of rotatable bonds is 5. The van der Waals surface area contributed by atoms with Crippen molar-refractivity contribution in [3.63, 3.8) is 0 Å². The fourth-order valence-electron chi connectivity index (χ4n) is 2.57. The zero-order valence-electron chi connectivity index (χ0n) is 11.7. The van der Waals surface area contributed by atoms with Crippen molar-refractivity contribution in [2.75, 3.05) is 33.7 Å². The van der Waals surface area contributed by atoms with E-state index in [0.717, 1.165) is 26.1 Å². The zero-order chi connectivity index (χ0) is 12.8. The van der Waals surface area contributed by atoms with Crippen LogP contribution in [0.25, 0.3) is 0 Å². The van der Waals surface area contributed by atoms with E-state index < -0.39 is 0 Å². The first-order valence-electron chi connectivity index (χ1n) is 6.74. The summed E-state index contributed by atoms with van der Waals surface area (Å²) >= 11 is 0. The van der Waals surface area contributed by atoms with E-state index in [2.05, 4.69) is 24.1 Å². The van der Waals surface area contributed by atoms with Crippen LogP contribution in [0.1, 0.15) is 33.1 Å². The first-order chi connectivity index (χ1) is 8.06. The lowest BCUT2D eigenvalue weighted by Gasteiger charge is -2.34. The normalized spacial score (nSPS) is 22.5. The molecule has 1 fully saturated rings. The van der Waals surface area contributed by atoms with Crippen molar-refractivity contribution < 1.29 is 4.79 Å². The molecule has 1 rings (SSSR count). The van der Waals surface area contributed by atoms with Crippen LogP contribution < -0.4 is 5.32 Å². The SMILES string of the molecule is CCN(C(=O)C1CCCCN1)C(C)CN(C)C. The van der Waals surface area contributed by atoms with Crippen molar-refractivity contribution in [3.8, 4) is 0 Å². The largest absolute Gasteiger partial charge is 0.338 e. The minimum Gasteiger partial charge on any atom is -0.338 e. The number of likely N-dealkylation sites (N-methyl/N-ethyl adjacent to an activating group) is 2. The van der Waals surface area contributed by atoms with Gasteiger partial charge in [0.1, 0.15) is 0 Å². The lowest BCUT2D eigenvalue weighted by molar-refractivity contribution is -0.136. The predicted octanol–water partition coefficient (Wildman–Crippen LogP) is 0.927. The topological polar surface area (TPSA) is 35.6 Å². The molecule has 2 unspecified atom stereocenters. The highest BCUT2D eigenvalue weighted by molar-refractivity contribution is 5.82. The Hall–Kier alpha value is -0.610. The summed E-state index contributed by atoms with van der Waals surface area (Å²) in [5.41, 5.74) is 0. The number of nitrogens with one attached hydrogen (secondary N) is 1. The molecule has 0 aliphatic carbocycles. The van der Waals surface area contributed by atoms with Gasteiger partial charge in [-0.3, -0.25) is 4.79 Å². The van der Waals surface area contributed by atoms with Gasteiger partial charge in [0.25, 0.3) is 0 Å². The molecule has 1 aliphatic rings.